The van der Waals surface area contributed by atoms with Crippen LogP contribution in [0.1, 0.15) is 29.6 Å². The molecule has 0 unspecified atom stereocenters. The SMILES string of the molecule is O=C(NOCC1CC1)c1cc2c(ncn2CCCn2ccnc2)c(F)c1Nc1ccc(Br)cc1Cl. The summed E-state index contributed by atoms with van der Waals surface area (Å²) in [6, 6.07) is 6.80. The van der Waals surface area contributed by atoms with Crippen molar-refractivity contribution in [3.05, 3.63) is 70.2 Å². The number of carbonyl (C=O) groups excluding carboxylic acids is 1. The lowest BCUT2D eigenvalue weighted by molar-refractivity contribution is 0.0271. The monoisotopic (exact) mass is 560 g/mol. The van der Waals surface area contributed by atoms with Gasteiger partial charge in [-0.15, -0.1) is 0 Å². The first kappa shape index (κ1) is 23.8. The first-order valence-corrected chi connectivity index (χ1v) is 12.4. The summed E-state index contributed by atoms with van der Waals surface area (Å²) in [5.74, 6) is -0.721. The smallest absolute Gasteiger partial charge is 0.277 e. The summed E-state index contributed by atoms with van der Waals surface area (Å²) in [6.07, 6.45) is 9.91. The quantitative estimate of drug-likeness (QED) is 0.243. The van der Waals surface area contributed by atoms with Crippen LogP contribution in [0.2, 0.25) is 5.02 Å². The molecule has 2 heterocycles. The van der Waals surface area contributed by atoms with Gasteiger partial charge in [0.05, 0.1) is 46.7 Å². The van der Waals surface area contributed by atoms with E-state index < -0.39 is 11.7 Å². The summed E-state index contributed by atoms with van der Waals surface area (Å²) in [6.45, 7) is 1.79. The van der Waals surface area contributed by atoms with Crippen molar-refractivity contribution in [1.82, 2.24) is 24.6 Å². The number of aryl methyl sites for hydroxylation is 2. The minimum absolute atomic E-state index is 0.0158. The molecule has 4 aromatic rings. The van der Waals surface area contributed by atoms with Gasteiger partial charge in [0.25, 0.3) is 5.91 Å². The number of carbonyl (C=O) groups is 1. The topological polar surface area (TPSA) is 86.0 Å². The zero-order valence-corrected chi connectivity index (χ0v) is 21.0. The minimum atomic E-state index is -0.637. The Labute approximate surface area is 214 Å². The summed E-state index contributed by atoms with van der Waals surface area (Å²) in [4.78, 5) is 26.8. The molecule has 35 heavy (non-hydrogen) atoms. The molecule has 2 aromatic heterocycles. The Morgan fingerprint density at radius 2 is 2.11 bits per heavy atom. The minimum Gasteiger partial charge on any atom is -0.351 e. The number of amides is 1. The van der Waals surface area contributed by atoms with Gasteiger partial charge < -0.3 is 14.5 Å². The Hall–Kier alpha value is -2.95. The second-order valence-corrected chi connectivity index (χ2v) is 9.83. The zero-order valence-electron chi connectivity index (χ0n) is 18.7. The molecule has 1 fully saturated rings. The van der Waals surface area contributed by atoms with Crippen molar-refractivity contribution in [2.24, 2.45) is 5.92 Å². The van der Waals surface area contributed by atoms with Gasteiger partial charge in [0.15, 0.2) is 5.82 Å². The van der Waals surface area contributed by atoms with Gasteiger partial charge in [0.1, 0.15) is 5.52 Å². The van der Waals surface area contributed by atoms with Crippen molar-refractivity contribution in [3.63, 3.8) is 0 Å². The summed E-state index contributed by atoms with van der Waals surface area (Å²) in [5, 5.41) is 3.36. The third-order valence-electron chi connectivity index (χ3n) is 5.85. The van der Waals surface area contributed by atoms with Crippen LogP contribution >= 0.6 is 27.5 Å². The summed E-state index contributed by atoms with van der Waals surface area (Å²) >= 11 is 9.71. The first-order valence-electron chi connectivity index (χ1n) is 11.3. The van der Waals surface area contributed by atoms with Gasteiger partial charge >= 0.3 is 0 Å². The lowest BCUT2D eigenvalue weighted by atomic mass is 10.1. The molecule has 1 saturated carbocycles. The number of hydrogen-bond donors (Lipinski definition) is 2. The first-order chi connectivity index (χ1) is 17.0. The predicted octanol–water partition coefficient (Wildman–Crippen LogP) is 5.69. The van der Waals surface area contributed by atoms with Crippen LogP contribution in [0, 0.1) is 11.7 Å². The molecule has 182 valence electrons. The van der Waals surface area contributed by atoms with Gasteiger partial charge in [0, 0.05) is 30.0 Å². The maximum atomic E-state index is 15.8. The highest BCUT2D eigenvalue weighted by Crippen LogP contribution is 2.34. The van der Waals surface area contributed by atoms with Crippen molar-refractivity contribution < 1.29 is 14.0 Å². The number of benzene rings is 2. The van der Waals surface area contributed by atoms with Gasteiger partial charge in [-0.2, -0.15) is 0 Å². The maximum Gasteiger partial charge on any atom is 0.277 e. The van der Waals surface area contributed by atoms with E-state index in [9.17, 15) is 4.79 Å². The zero-order chi connectivity index (χ0) is 24.4. The number of nitrogens with zero attached hydrogens (tertiary/aromatic N) is 4. The van der Waals surface area contributed by atoms with E-state index in [0.717, 1.165) is 30.3 Å². The van der Waals surface area contributed by atoms with E-state index in [0.29, 0.717) is 35.3 Å². The fourth-order valence-corrected chi connectivity index (χ4v) is 4.49. The molecule has 1 aliphatic rings. The Morgan fingerprint density at radius 3 is 2.86 bits per heavy atom. The highest BCUT2D eigenvalue weighted by atomic mass is 79.9. The van der Waals surface area contributed by atoms with Crippen LogP contribution in [-0.4, -0.2) is 31.6 Å². The van der Waals surface area contributed by atoms with Crippen LogP contribution in [0.15, 0.2) is 53.8 Å². The third-order valence-corrected chi connectivity index (χ3v) is 6.65. The second-order valence-electron chi connectivity index (χ2n) is 8.51. The largest absolute Gasteiger partial charge is 0.351 e. The molecule has 5 rings (SSSR count). The fourth-order valence-electron chi connectivity index (χ4n) is 3.77. The van der Waals surface area contributed by atoms with Gasteiger partial charge in [0.2, 0.25) is 0 Å². The second kappa shape index (κ2) is 10.3. The van der Waals surface area contributed by atoms with Crippen LogP contribution in [0.4, 0.5) is 15.8 Å². The molecule has 1 aliphatic carbocycles. The average Bonchev–Trinajstić information content (AvgIpc) is 3.34. The summed E-state index contributed by atoms with van der Waals surface area (Å²) in [5.41, 5.74) is 3.69. The van der Waals surface area contributed by atoms with Crippen LogP contribution < -0.4 is 10.8 Å². The molecular formula is C24H23BrClFN6O2. The van der Waals surface area contributed by atoms with Crippen molar-refractivity contribution >= 4 is 55.8 Å². The molecule has 2 aromatic carbocycles. The number of anilines is 2. The van der Waals surface area contributed by atoms with Crippen LogP contribution in [0.25, 0.3) is 11.0 Å². The van der Waals surface area contributed by atoms with Crippen LogP contribution in [0.5, 0.6) is 0 Å². The molecular weight excluding hydrogens is 539 g/mol. The fraction of sp³-hybridized carbons (Fsp3) is 0.292. The summed E-state index contributed by atoms with van der Waals surface area (Å²) < 4.78 is 20.4. The molecule has 0 radical (unpaired) electrons. The van der Waals surface area contributed by atoms with Gasteiger partial charge in [-0.05, 0) is 49.4 Å². The van der Waals surface area contributed by atoms with Crippen molar-refractivity contribution in [2.75, 3.05) is 11.9 Å². The van der Waals surface area contributed by atoms with E-state index in [1.54, 1.807) is 43.1 Å². The van der Waals surface area contributed by atoms with E-state index in [4.69, 9.17) is 16.4 Å². The highest BCUT2D eigenvalue weighted by Gasteiger charge is 2.25. The Morgan fingerprint density at radius 1 is 1.26 bits per heavy atom. The molecule has 2 N–H and O–H groups in total. The number of rotatable bonds is 10. The van der Waals surface area contributed by atoms with Crippen molar-refractivity contribution in [2.45, 2.75) is 32.4 Å². The van der Waals surface area contributed by atoms with Crippen LogP contribution in [-0.2, 0) is 17.9 Å². The number of hydrogen-bond acceptors (Lipinski definition) is 5. The third kappa shape index (κ3) is 5.50. The molecule has 8 nitrogen and oxygen atoms in total. The van der Waals surface area contributed by atoms with Gasteiger partial charge in [-0.1, -0.05) is 27.5 Å². The molecule has 11 heteroatoms. The van der Waals surface area contributed by atoms with E-state index in [1.807, 2.05) is 15.3 Å². The molecule has 1 amide bonds. The normalized spacial score (nSPS) is 13.3. The van der Waals surface area contributed by atoms with Crippen LogP contribution in [0.3, 0.4) is 0 Å². The lowest BCUT2D eigenvalue weighted by Crippen LogP contribution is -2.26. The molecule has 0 spiro atoms. The molecule has 0 saturated heterocycles. The number of imidazole rings is 2. The van der Waals surface area contributed by atoms with E-state index in [-0.39, 0.29) is 16.8 Å². The average molecular weight is 562 g/mol. The highest BCUT2D eigenvalue weighted by molar-refractivity contribution is 9.10. The number of aromatic nitrogens is 4. The number of nitrogens with one attached hydrogen (secondary N) is 2. The van der Waals surface area contributed by atoms with Crippen molar-refractivity contribution in [1.29, 1.82) is 0 Å². The standard InChI is InChI=1S/C24H23BrClFN6O2/c25-16-4-5-19(18(26)10-16)30-22-17(24(34)31-35-12-15-2-3-15)11-20-23(21(22)27)29-14-33(20)8-1-7-32-9-6-28-13-32/h4-6,9-11,13-15,30H,1-3,7-8,12H2,(H,31,34). The summed E-state index contributed by atoms with van der Waals surface area (Å²) in [7, 11) is 0. The number of hydroxylamine groups is 1. The van der Waals surface area contributed by atoms with E-state index in [2.05, 4.69) is 36.7 Å². The van der Waals surface area contributed by atoms with E-state index >= 15 is 4.39 Å². The Balaban J connectivity index is 1.46. The Kier molecular flexibility index (Phi) is 7.03. The predicted molar refractivity (Wildman–Crippen MR) is 135 cm³/mol. The Bertz CT molecular complexity index is 1360. The van der Waals surface area contributed by atoms with Crippen molar-refractivity contribution in [3.8, 4) is 0 Å². The maximum absolute atomic E-state index is 15.8. The van der Waals surface area contributed by atoms with Gasteiger partial charge in [-0.3, -0.25) is 9.63 Å². The van der Waals surface area contributed by atoms with E-state index in [1.165, 1.54) is 0 Å². The number of fused-ring (bicyclic) bond motifs is 1. The molecule has 0 atom stereocenters. The lowest BCUT2D eigenvalue weighted by Gasteiger charge is -2.16. The number of halogens is 3. The molecule has 0 aliphatic heterocycles. The van der Waals surface area contributed by atoms with Gasteiger partial charge in [-0.25, -0.2) is 19.8 Å². The molecule has 0 bridgehead atoms.